The molecule has 0 amide bonds. The zero-order chi connectivity index (χ0) is 12.3. The molecule has 0 heterocycles. The minimum atomic E-state index is -0.0990. The second kappa shape index (κ2) is 5.03. The molecule has 0 unspecified atom stereocenters. The van der Waals surface area contributed by atoms with Crippen LogP contribution in [0, 0.1) is 5.92 Å². The van der Waals surface area contributed by atoms with Crippen molar-refractivity contribution < 1.29 is 4.79 Å². The molecule has 1 heteroatoms. The van der Waals surface area contributed by atoms with Gasteiger partial charge in [0.25, 0.3) is 0 Å². The number of rotatable bonds is 6. The Hall–Kier alpha value is -1.11. The zero-order valence-electron chi connectivity index (χ0n) is 10.9. The zero-order valence-corrected chi connectivity index (χ0v) is 10.9. The van der Waals surface area contributed by atoms with Gasteiger partial charge in [-0.2, -0.15) is 0 Å². The summed E-state index contributed by atoms with van der Waals surface area (Å²) in [5.74, 6) is 1.17. The maximum atomic E-state index is 12.3. The Bertz CT molecular complexity index is 374. The van der Waals surface area contributed by atoms with E-state index in [1.165, 1.54) is 5.56 Å². The molecule has 2 rings (SSSR count). The van der Waals surface area contributed by atoms with E-state index in [0.717, 1.165) is 32.1 Å². The average Bonchev–Trinajstić information content (AvgIpc) is 3.11. The van der Waals surface area contributed by atoms with E-state index in [1.54, 1.807) is 0 Å². The molecule has 1 saturated carbocycles. The van der Waals surface area contributed by atoms with E-state index in [9.17, 15) is 4.79 Å². The fraction of sp³-hybridized carbons (Fsp3) is 0.562. The standard InChI is InChI=1S/C16H22O/c1-13(2)7-6-10-15(17)16(11-12-16)14-8-4-3-5-9-14/h3-5,8-9,13H,6-7,10-12H2,1-2H3. The van der Waals surface area contributed by atoms with Gasteiger partial charge < -0.3 is 0 Å². The molecule has 0 bridgehead atoms. The molecule has 1 nitrogen and oxygen atoms in total. The molecule has 1 aliphatic carbocycles. The van der Waals surface area contributed by atoms with Crippen molar-refractivity contribution in [3.05, 3.63) is 35.9 Å². The maximum absolute atomic E-state index is 12.3. The number of benzene rings is 1. The molecule has 0 N–H and O–H groups in total. The van der Waals surface area contributed by atoms with Crippen molar-refractivity contribution in [1.82, 2.24) is 0 Å². The molecule has 0 spiro atoms. The third kappa shape index (κ3) is 2.77. The summed E-state index contributed by atoms with van der Waals surface area (Å²) in [5, 5.41) is 0. The van der Waals surface area contributed by atoms with Crippen LogP contribution >= 0.6 is 0 Å². The summed E-state index contributed by atoms with van der Waals surface area (Å²) in [6.45, 7) is 4.43. The lowest BCUT2D eigenvalue weighted by molar-refractivity contribution is -0.121. The first-order valence-corrected chi connectivity index (χ1v) is 6.74. The van der Waals surface area contributed by atoms with Crippen molar-refractivity contribution in [3.8, 4) is 0 Å². The molecular formula is C16H22O. The third-order valence-corrected chi connectivity index (χ3v) is 3.80. The lowest BCUT2D eigenvalue weighted by Crippen LogP contribution is -2.20. The Morgan fingerprint density at radius 2 is 1.88 bits per heavy atom. The molecule has 0 aromatic heterocycles. The summed E-state index contributed by atoms with van der Waals surface area (Å²) >= 11 is 0. The van der Waals surface area contributed by atoms with E-state index in [4.69, 9.17) is 0 Å². The van der Waals surface area contributed by atoms with Gasteiger partial charge in [0.05, 0.1) is 5.41 Å². The normalized spacial score (nSPS) is 17.1. The highest BCUT2D eigenvalue weighted by Gasteiger charge is 2.49. The van der Waals surface area contributed by atoms with Gasteiger partial charge in [-0.3, -0.25) is 4.79 Å². The molecule has 17 heavy (non-hydrogen) atoms. The van der Waals surface area contributed by atoms with E-state index in [-0.39, 0.29) is 5.41 Å². The molecule has 1 aromatic rings. The molecular weight excluding hydrogens is 208 g/mol. The fourth-order valence-electron chi connectivity index (χ4n) is 2.52. The summed E-state index contributed by atoms with van der Waals surface area (Å²) in [7, 11) is 0. The van der Waals surface area contributed by atoms with Gasteiger partial charge in [0.15, 0.2) is 0 Å². The van der Waals surface area contributed by atoms with Crippen LogP contribution in [-0.4, -0.2) is 5.78 Å². The first-order valence-electron chi connectivity index (χ1n) is 6.74. The van der Waals surface area contributed by atoms with Crippen molar-refractivity contribution in [1.29, 1.82) is 0 Å². The van der Waals surface area contributed by atoms with Gasteiger partial charge in [-0.25, -0.2) is 0 Å². The molecule has 1 aromatic carbocycles. The lowest BCUT2D eigenvalue weighted by atomic mass is 9.88. The maximum Gasteiger partial charge on any atom is 0.143 e. The van der Waals surface area contributed by atoms with Gasteiger partial charge in [-0.05, 0) is 30.7 Å². The van der Waals surface area contributed by atoms with Crippen molar-refractivity contribution in [2.75, 3.05) is 0 Å². The van der Waals surface area contributed by atoms with Crippen LogP contribution in [0.1, 0.15) is 51.5 Å². The van der Waals surface area contributed by atoms with Gasteiger partial charge in [-0.1, -0.05) is 50.6 Å². The second-order valence-corrected chi connectivity index (χ2v) is 5.66. The Morgan fingerprint density at radius 1 is 1.24 bits per heavy atom. The van der Waals surface area contributed by atoms with E-state index < -0.39 is 0 Å². The van der Waals surface area contributed by atoms with Crippen LogP contribution < -0.4 is 0 Å². The third-order valence-electron chi connectivity index (χ3n) is 3.80. The van der Waals surface area contributed by atoms with Crippen LogP contribution in [0.15, 0.2) is 30.3 Å². The van der Waals surface area contributed by atoms with Crippen LogP contribution in [0.4, 0.5) is 0 Å². The Labute approximate surface area is 104 Å². The highest BCUT2D eigenvalue weighted by atomic mass is 16.1. The van der Waals surface area contributed by atoms with Gasteiger partial charge in [0.2, 0.25) is 0 Å². The minimum Gasteiger partial charge on any atom is -0.299 e. The van der Waals surface area contributed by atoms with E-state index in [0.29, 0.717) is 11.7 Å². The first kappa shape index (κ1) is 12.3. The van der Waals surface area contributed by atoms with E-state index in [1.807, 2.05) is 18.2 Å². The predicted octanol–water partition coefficient (Wildman–Crippen LogP) is 4.11. The van der Waals surface area contributed by atoms with Gasteiger partial charge in [0.1, 0.15) is 5.78 Å². The van der Waals surface area contributed by atoms with Gasteiger partial charge in [0, 0.05) is 6.42 Å². The van der Waals surface area contributed by atoms with Crippen molar-refractivity contribution in [2.45, 2.75) is 51.4 Å². The van der Waals surface area contributed by atoms with Crippen LogP contribution in [-0.2, 0) is 10.2 Å². The number of hydrogen-bond acceptors (Lipinski definition) is 1. The van der Waals surface area contributed by atoms with Crippen LogP contribution in [0.25, 0.3) is 0 Å². The monoisotopic (exact) mass is 230 g/mol. The number of carbonyl (C=O) groups excluding carboxylic acids is 1. The molecule has 0 atom stereocenters. The first-order chi connectivity index (χ1) is 8.15. The lowest BCUT2D eigenvalue weighted by Gasteiger charge is -2.14. The van der Waals surface area contributed by atoms with Crippen LogP contribution in [0.3, 0.4) is 0 Å². The molecule has 1 aliphatic rings. The highest BCUT2D eigenvalue weighted by Crippen LogP contribution is 2.49. The molecule has 0 aliphatic heterocycles. The molecule has 1 fully saturated rings. The topological polar surface area (TPSA) is 17.1 Å². The van der Waals surface area contributed by atoms with Crippen molar-refractivity contribution >= 4 is 5.78 Å². The van der Waals surface area contributed by atoms with Crippen LogP contribution in [0.5, 0.6) is 0 Å². The summed E-state index contributed by atoms with van der Waals surface area (Å²) in [4.78, 5) is 12.3. The number of ketones is 1. The van der Waals surface area contributed by atoms with Crippen LogP contribution in [0.2, 0.25) is 0 Å². The Kier molecular flexibility index (Phi) is 3.66. The largest absolute Gasteiger partial charge is 0.299 e. The second-order valence-electron chi connectivity index (χ2n) is 5.66. The van der Waals surface area contributed by atoms with Crippen molar-refractivity contribution in [3.63, 3.8) is 0 Å². The van der Waals surface area contributed by atoms with E-state index >= 15 is 0 Å². The Morgan fingerprint density at radius 3 is 2.41 bits per heavy atom. The molecule has 92 valence electrons. The smallest absolute Gasteiger partial charge is 0.143 e. The fourth-order valence-corrected chi connectivity index (χ4v) is 2.52. The summed E-state index contributed by atoms with van der Waals surface area (Å²) in [5.41, 5.74) is 1.13. The average molecular weight is 230 g/mol. The van der Waals surface area contributed by atoms with Gasteiger partial charge >= 0.3 is 0 Å². The highest BCUT2D eigenvalue weighted by molar-refractivity contribution is 5.93. The number of Topliss-reactive ketones (excluding diaryl/α,β-unsaturated/α-hetero) is 1. The summed E-state index contributed by atoms with van der Waals surface area (Å²) < 4.78 is 0. The minimum absolute atomic E-state index is 0.0990. The predicted molar refractivity (Wildman–Crippen MR) is 71.1 cm³/mol. The molecule has 0 saturated heterocycles. The number of carbonyl (C=O) groups is 1. The van der Waals surface area contributed by atoms with Crippen molar-refractivity contribution in [2.24, 2.45) is 5.92 Å². The summed E-state index contributed by atoms with van der Waals surface area (Å²) in [6, 6.07) is 10.3. The van der Waals surface area contributed by atoms with E-state index in [2.05, 4.69) is 26.0 Å². The Balaban J connectivity index is 1.95. The summed E-state index contributed by atoms with van der Waals surface area (Å²) in [6.07, 6.45) is 5.07. The SMILES string of the molecule is CC(C)CCCC(=O)C1(c2ccccc2)CC1. The quantitative estimate of drug-likeness (QED) is 0.718. The molecule has 0 radical (unpaired) electrons. The van der Waals surface area contributed by atoms with Gasteiger partial charge in [-0.15, -0.1) is 0 Å². The number of hydrogen-bond donors (Lipinski definition) is 0.